The fraction of sp³-hybridized carbons (Fsp3) is 0.167. The van der Waals surface area contributed by atoms with Gasteiger partial charge in [0, 0.05) is 11.3 Å². The number of methoxy groups -OCH3 is 2. The summed E-state index contributed by atoms with van der Waals surface area (Å²) in [4.78, 5) is 16.8. The van der Waals surface area contributed by atoms with Crippen molar-refractivity contribution in [3.05, 3.63) is 66.2 Å². The predicted octanol–water partition coefficient (Wildman–Crippen LogP) is 4.84. The molecule has 1 heterocycles. The minimum absolute atomic E-state index is 0.0847. The van der Waals surface area contributed by atoms with Crippen LogP contribution in [-0.4, -0.2) is 31.7 Å². The Morgan fingerprint density at radius 1 is 0.968 bits per heavy atom. The van der Waals surface area contributed by atoms with Crippen LogP contribution in [0.5, 0.6) is 17.2 Å². The summed E-state index contributed by atoms with van der Waals surface area (Å²) in [5, 5.41) is 2.82. The summed E-state index contributed by atoms with van der Waals surface area (Å²) in [6, 6.07) is 18.3. The number of ether oxygens (including phenoxy) is 3. The Labute approximate surface area is 179 Å². The Balaban J connectivity index is 1.49. The molecule has 0 aliphatic rings. The second-order valence-electron chi connectivity index (χ2n) is 6.87. The van der Waals surface area contributed by atoms with E-state index >= 15 is 0 Å². The van der Waals surface area contributed by atoms with Gasteiger partial charge in [0.05, 0.1) is 14.2 Å². The number of hydrogen-bond donors (Lipinski definition) is 1. The molecule has 0 aliphatic heterocycles. The maximum atomic E-state index is 12.3. The van der Waals surface area contributed by atoms with Crippen LogP contribution in [-0.2, 0) is 4.79 Å². The number of fused-ring (bicyclic) bond motifs is 1. The van der Waals surface area contributed by atoms with Crippen LogP contribution in [0.3, 0.4) is 0 Å². The maximum Gasteiger partial charge on any atom is 0.262 e. The van der Waals surface area contributed by atoms with Gasteiger partial charge in [0.15, 0.2) is 23.7 Å². The molecular formula is C24H22N2O5. The highest BCUT2D eigenvalue weighted by atomic mass is 16.5. The number of rotatable bonds is 7. The van der Waals surface area contributed by atoms with Crippen LogP contribution in [0.1, 0.15) is 5.56 Å². The Kier molecular flexibility index (Phi) is 5.75. The van der Waals surface area contributed by atoms with E-state index in [0.717, 1.165) is 11.1 Å². The third-order valence-corrected chi connectivity index (χ3v) is 4.75. The van der Waals surface area contributed by atoms with E-state index < -0.39 is 0 Å². The molecule has 7 nitrogen and oxygen atoms in total. The molecule has 4 aromatic rings. The fourth-order valence-corrected chi connectivity index (χ4v) is 3.16. The number of nitrogens with one attached hydrogen (secondary N) is 1. The standard InChI is InChI=1S/C24H22N2O5/c1-15-6-4-5-7-19(15)30-14-23(27)25-17-9-11-20-18(13-17)26-24(31-20)16-8-10-21(28-2)22(12-16)29-3/h4-13H,14H2,1-3H3,(H,25,27). The first-order chi connectivity index (χ1) is 15.1. The Morgan fingerprint density at radius 3 is 2.55 bits per heavy atom. The number of aromatic nitrogens is 1. The lowest BCUT2D eigenvalue weighted by atomic mass is 10.2. The van der Waals surface area contributed by atoms with Gasteiger partial charge in [-0.3, -0.25) is 4.79 Å². The van der Waals surface area contributed by atoms with Gasteiger partial charge in [-0.2, -0.15) is 0 Å². The van der Waals surface area contributed by atoms with Crippen LogP contribution in [0.4, 0.5) is 5.69 Å². The van der Waals surface area contributed by atoms with Crippen LogP contribution in [0.25, 0.3) is 22.6 Å². The van der Waals surface area contributed by atoms with E-state index in [1.807, 2.05) is 37.3 Å². The van der Waals surface area contributed by atoms with Crippen molar-refractivity contribution in [2.45, 2.75) is 6.92 Å². The summed E-state index contributed by atoms with van der Waals surface area (Å²) in [5.41, 5.74) is 3.58. The van der Waals surface area contributed by atoms with E-state index in [4.69, 9.17) is 18.6 Å². The average molecular weight is 418 g/mol. The minimum atomic E-state index is -0.258. The molecule has 3 aromatic carbocycles. The minimum Gasteiger partial charge on any atom is -0.493 e. The molecule has 0 unspecified atom stereocenters. The summed E-state index contributed by atoms with van der Waals surface area (Å²) >= 11 is 0. The van der Waals surface area contributed by atoms with Crippen molar-refractivity contribution < 1.29 is 23.4 Å². The summed E-state index contributed by atoms with van der Waals surface area (Å²) in [6.45, 7) is 1.85. The number of nitrogens with zero attached hydrogens (tertiary/aromatic N) is 1. The summed E-state index contributed by atoms with van der Waals surface area (Å²) in [5.74, 6) is 2.09. The van der Waals surface area contributed by atoms with Crippen molar-refractivity contribution in [1.29, 1.82) is 0 Å². The van der Waals surface area contributed by atoms with Crippen molar-refractivity contribution in [3.63, 3.8) is 0 Å². The average Bonchev–Trinajstić information content (AvgIpc) is 3.21. The van der Waals surface area contributed by atoms with Gasteiger partial charge in [-0.25, -0.2) is 4.98 Å². The number of oxazole rings is 1. The number of aryl methyl sites for hydroxylation is 1. The molecule has 31 heavy (non-hydrogen) atoms. The zero-order valence-corrected chi connectivity index (χ0v) is 17.5. The maximum absolute atomic E-state index is 12.3. The van der Waals surface area contributed by atoms with Gasteiger partial charge in [-0.15, -0.1) is 0 Å². The molecule has 0 spiro atoms. The van der Waals surface area contributed by atoms with Crippen molar-refractivity contribution in [1.82, 2.24) is 4.98 Å². The first-order valence-electron chi connectivity index (χ1n) is 9.68. The summed E-state index contributed by atoms with van der Waals surface area (Å²) in [6.07, 6.45) is 0. The first kappa shape index (κ1) is 20.3. The van der Waals surface area contributed by atoms with Crippen LogP contribution in [0.2, 0.25) is 0 Å². The smallest absolute Gasteiger partial charge is 0.262 e. The van der Waals surface area contributed by atoms with Gasteiger partial charge in [0.25, 0.3) is 5.91 Å². The molecule has 1 aromatic heterocycles. The van der Waals surface area contributed by atoms with Crippen LogP contribution in [0, 0.1) is 6.92 Å². The third kappa shape index (κ3) is 4.45. The Hall–Kier alpha value is -4.00. The fourth-order valence-electron chi connectivity index (χ4n) is 3.16. The Bertz CT molecular complexity index is 1230. The van der Waals surface area contributed by atoms with E-state index in [0.29, 0.717) is 39.9 Å². The molecular weight excluding hydrogens is 396 g/mol. The second-order valence-corrected chi connectivity index (χ2v) is 6.87. The number of para-hydroxylation sites is 1. The van der Waals surface area contributed by atoms with E-state index in [1.54, 1.807) is 44.6 Å². The quantitative estimate of drug-likeness (QED) is 0.463. The third-order valence-electron chi connectivity index (χ3n) is 4.75. The van der Waals surface area contributed by atoms with Gasteiger partial charge in [0.2, 0.25) is 5.89 Å². The van der Waals surface area contributed by atoms with E-state index in [9.17, 15) is 4.79 Å². The lowest BCUT2D eigenvalue weighted by Crippen LogP contribution is -2.20. The molecule has 0 atom stereocenters. The van der Waals surface area contributed by atoms with E-state index in [1.165, 1.54) is 0 Å². The highest BCUT2D eigenvalue weighted by molar-refractivity contribution is 5.94. The van der Waals surface area contributed by atoms with Gasteiger partial charge in [-0.1, -0.05) is 18.2 Å². The molecule has 0 saturated heterocycles. The zero-order chi connectivity index (χ0) is 21.8. The monoisotopic (exact) mass is 418 g/mol. The number of amides is 1. The van der Waals surface area contributed by atoms with Crippen molar-refractivity contribution in [2.24, 2.45) is 0 Å². The lowest BCUT2D eigenvalue weighted by Gasteiger charge is -2.09. The van der Waals surface area contributed by atoms with Crippen LogP contribution < -0.4 is 19.5 Å². The molecule has 7 heteroatoms. The van der Waals surface area contributed by atoms with Crippen LogP contribution in [0.15, 0.2) is 65.1 Å². The summed E-state index contributed by atoms with van der Waals surface area (Å²) in [7, 11) is 3.16. The topological polar surface area (TPSA) is 82.8 Å². The molecule has 0 radical (unpaired) electrons. The van der Waals surface area contributed by atoms with Gasteiger partial charge < -0.3 is 23.9 Å². The zero-order valence-electron chi connectivity index (χ0n) is 17.5. The number of carbonyl (C=O) groups is 1. The normalized spacial score (nSPS) is 10.7. The highest BCUT2D eigenvalue weighted by Gasteiger charge is 2.13. The highest BCUT2D eigenvalue weighted by Crippen LogP contribution is 2.33. The second kappa shape index (κ2) is 8.79. The molecule has 0 saturated carbocycles. The molecule has 1 N–H and O–H groups in total. The number of benzene rings is 3. The van der Waals surface area contributed by atoms with Crippen molar-refractivity contribution in [3.8, 4) is 28.7 Å². The predicted molar refractivity (Wildman–Crippen MR) is 118 cm³/mol. The molecule has 4 rings (SSSR count). The number of anilines is 1. The number of hydrogen-bond acceptors (Lipinski definition) is 6. The lowest BCUT2D eigenvalue weighted by molar-refractivity contribution is -0.118. The summed E-state index contributed by atoms with van der Waals surface area (Å²) < 4.78 is 22.1. The van der Waals surface area contributed by atoms with Crippen molar-refractivity contribution >= 4 is 22.7 Å². The Morgan fingerprint density at radius 2 is 1.77 bits per heavy atom. The molecule has 0 bridgehead atoms. The largest absolute Gasteiger partial charge is 0.493 e. The molecule has 0 aliphatic carbocycles. The molecule has 1 amide bonds. The van der Waals surface area contributed by atoms with Gasteiger partial charge in [-0.05, 0) is 55.0 Å². The van der Waals surface area contributed by atoms with Gasteiger partial charge >= 0.3 is 0 Å². The van der Waals surface area contributed by atoms with Gasteiger partial charge in [0.1, 0.15) is 11.3 Å². The molecule has 158 valence electrons. The SMILES string of the molecule is COc1ccc(-c2nc3cc(NC(=O)COc4ccccc4C)ccc3o2)cc1OC. The van der Waals surface area contributed by atoms with Crippen LogP contribution >= 0.6 is 0 Å². The first-order valence-corrected chi connectivity index (χ1v) is 9.68. The molecule has 0 fully saturated rings. The van der Waals surface area contributed by atoms with Crippen molar-refractivity contribution in [2.75, 3.05) is 26.1 Å². The van der Waals surface area contributed by atoms with E-state index in [-0.39, 0.29) is 12.5 Å². The van der Waals surface area contributed by atoms with E-state index in [2.05, 4.69) is 10.3 Å². The number of carbonyl (C=O) groups excluding carboxylic acids is 1.